The molecule has 2 aromatic rings. The maximum Gasteiger partial charge on any atom is 0.324 e. The summed E-state index contributed by atoms with van der Waals surface area (Å²) in [7, 11) is -3.72. The van der Waals surface area contributed by atoms with Crippen molar-refractivity contribution in [2.24, 2.45) is 5.92 Å². The van der Waals surface area contributed by atoms with E-state index in [0.29, 0.717) is 23.7 Å². The summed E-state index contributed by atoms with van der Waals surface area (Å²) in [4.78, 5) is 24.4. The van der Waals surface area contributed by atoms with Crippen LogP contribution < -0.4 is 14.8 Å². The monoisotopic (exact) mass is 475 g/mol. The van der Waals surface area contributed by atoms with Gasteiger partial charge < -0.3 is 9.64 Å². The molecule has 0 unspecified atom stereocenters. The Kier molecular flexibility index (Phi) is 6.66. The SMILES string of the molecule is C[C@@H](NS(=O)(=O)Cc1cccc(CN2CC(=O)NC2=O)c1)c1ccc(F)c(OCC2CC2)c1. The van der Waals surface area contributed by atoms with Gasteiger partial charge >= 0.3 is 6.03 Å². The number of benzene rings is 2. The molecule has 2 N–H and O–H groups in total. The Morgan fingerprint density at radius 3 is 2.64 bits per heavy atom. The molecule has 1 saturated carbocycles. The molecule has 33 heavy (non-hydrogen) atoms. The maximum atomic E-state index is 14.0. The summed E-state index contributed by atoms with van der Waals surface area (Å²) in [6, 6.07) is 10.2. The number of imide groups is 1. The Balaban J connectivity index is 1.39. The lowest BCUT2D eigenvalue weighted by Crippen LogP contribution is -2.28. The van der Waals surface area contributed by atoms with Crippen LogP contribution in [0.4, 0.5) is 9.18 Å². The van der Waals surface area contributed by atoms with E-state index in [1.165, 1.54) is 23.1 Å². The zero-order valence-electron chi connectivity index (χ0n) is 18.2. The van der Waals surface area contributed by atoms with Gasteiger partial charge in [0, 0.05) is 12.6 Å². The third kappa shape index (κ3) is 6.29. The zero-order chi connectivity index (χ0) is 23.6. The summed E-state index contributed by atoms with van der Waals surface area (Å²) in [6.07, 6.45) is 2.17. The van der Waals surface area contributed by atoms with Gasteiger partial charge in [-0.25, -0.2) is 22.3 Å². The standard InChI is InChI=1S/C23H26FN3O5S/c1-15(19-7-8-20(24)21(10-19)32-13-16-5-6-16)26-33(30,31)14-18-4-2-3-17(9-18)11-27-12-22(28)25-23(27)29/h2-4,7-10,15-16,26H,5-6,11-14H2,1H3,(H,25,28,29)/t15-/m1/s1. The van der Waals surface area contributed by atoms with Crippen molar-refractivity contribution in [1.29, 1.82) is 0 Å². The first kappa shape index (κ1) is 23.2. The highest BCUT2D eigenvalue weighted by Crippen LogP contribution is 2.31. The molecule has 0 radical (unpaired) electrons. The van der Waals surface area contributed by atoms with Crippen molar-refractivity contribution in [2.75, 3.05) is 13.2 Å². The molecule has 2 aliphatic rings. The number of hydrogen-bond donors (Lipinski definition) is 2. The number of sulfonamides is 1. The van der Waals surface area contributed by atoms with Gasteiger partial charge in [0.15, 0.2) is 11.6 Å². The summed E-state index contributed by atoms with van der Waals surface area (Å²) in [6.45, 7) is 2.33. The first-order valence-electron chi connectivity index (χ1n) is 10.8. The number of nitrogens with zero attached hydrogens (tertiary/aromatic N) is 1. The van der Waals surface area contributed by atoms with Crippen LogP contribution in [0.2, 0.25) is 0 Å². The fourth-order valence-electron chi connectivity index (χ4n) is 3.64. The van der Waals surface area contributed by atoms with E-state index >= 15 is 0 Å². The third-order valence-corrected chi connectivity index (χ3v) is 7.00. The first-order chi connectivity index (χ1) is 15.7. The van der Waals surface area contributed by atoms with Crippen LogP contribution >= 0.6 is 0 Å². The quantitative estimate of drug-likeness (QED) is 0.514. The van der Waals surface area contributed by atoms with Crippen molar-refractivity contribution in [3.05, 3.63) is 65.0 Å². The highest BCUT2D eigenvalue weighted by atomic mass is 32.2. The van der Waals surface area contributed by atoms with Crippen molar-refractivity contribution in [1.82, 2.24) is 14.9 Å². The van der Waals surface area contributed by atoms with Gasteiger partial charge in [-0.1, -0.05) is 30.3 Å². The molecule has 3 amide bonds. The van der Waals surface area contributed by atoms with Gasteiger partial charge in [0.25, 0.3) is 0 Å². The van der Waals surface area contributed by atoms with E-state index in [2.05, 4.69) is 10.0 Å². The van der Waals surface area contributed by atoms with Gasteiger partial charge in [0.05, 0.1) is 12.4 Å². The second kappa shape index (κ2) is 9.48. The fourth-order valence-corrected chi connectivity index (χ4v) is 5.02. The number of hydrogen-bond acceptors (Lipinski definition) is 5. The number of halogens is 1. The zero-order valence-corrected chi connectivity index (χ0v) is 19.0. The summed E-state index contributed by atoms with van der Waals surface area (Å²) in [5.74, 6) is -0.496. The minimum absolute atomic E-state index is 0.0234. The van der Waals surface area contributed by atoms with Crippen LogP contribution in [0.15, 0.2) is 42.5 Å². The van der Waals surface area contributed by atoms with Crippen LogP contribution in [0, 0.1) is 11.7 Å². The van der Waals surface area contributed by atoms with Crippen LogP contribution in [0.25, 0.3) is 0 Å². The van der Waals surface area contributed by atoms with Crippen LogP contribution in [-0.4, -0.2) is 38.4 Å². The average Bonchev–Trinajstić information content (AvgIpc) is 3.51. The number of urea groups is 1. The minimum Gasteiger partial charge on any atom is -0.490 e. The van der Waals surface area contributed by atoms with E-state index in [1.807, 2.05) is 0 Å². The summed E-state index contributed by atoms with van der Waals surface area (Å²) in [5, 5.41) is 2.21. The lowest BCUT2D eigenvalue weighted by Gasteiger charge is -2.17. The second-order valence-corrected chi connectivity index (χ2v) is 10.3. The van der Waals surface area contributed by atoms with E-state index in [0.717, 1.165) is 18.4 Å². The van der Waals surface area contributed by atoms with Crippen molar-refractivity contribution in [3.8, 4) is 5.75 Å². The predicted molar refractivity (Wildman–Crippen MR) is 119 cm³/mol. The molecular weight excluding hydrogens is 449 g/mol. The van der Waals surface area contributed by atoms with E-state index in [-0.39, 0.29) is 30.5 Å². The third-order valence-electron chi connectivity index (χ3n) is 5.57. The van der Waals surface area contributed by atoms with Gasteiger partial charge in [0.2, 0.25) is 15.9 Å². The average molecular weight is 476 g/mol. The Morgan fingerprint density at radius 1 is 1.18 bits per heavy atom. The van der Waals surface area contributed by atoms with E-state index in [9.17, 15) is 22.4 Å². The fraction of sp³-hybridized carbons (Fsp3) is 0.391. The topological polar surface area (TPSA) is 105 Å². The largest absolute Gasteiger partial charge is 0.490 e. The molecular formula is C23H26FN3O5S. The normalized spacial score (nSPS) is 17.2. The molecule has 0 aromatic heterocycles. The van der Waals surface area contributed by atoms with Gasteiger partial charge in [-0.3, -0.25) is 10.1 Å². The molecule has 10 heteroatoms. The number of carbonyl (C=O) groups excluding carboxylic acids is 2. The number of amides is 3. The first-order valence-corrected chi connectivity index (χ1v) is 12.4. The molecule has 2 aromatic carbocycles. The highest BCUT2D eigenvalue weighted by molar-refractivity contribution is 7.88. The Hall–Kier alpha value is -2.98. The molecule has 1 atom stereocenters. The second-order valence-electron chi connectivity index (χ2n) is 8.57. The summed E-state index contributed by atoms with van der Waals surface area (Å²) >= 11 is 0. The van der Waals surface area contributed by atoms with E-state index in [4.69, 9.17) is 4.74 Å². The number of rotatable bonds is 10. The Labute approximate surface area is 192 Å². The van der Waals surface area contributed by atoms with E-state index in [1.54, 1.807) is 31.2 Å². The maximum absolute atomic E-state index is 14.0. The highest BCUT2D eigenvalue weighted by Gasteiger charge is 2.27. The van der Waals surface area contributed by atoms with Gasteiger partial charge in [0.1, 0.15) is 6.54 Å². The lowest BCUT2D eigenvalue weighted by atomic mass is 10.1. The Bertz CT molecular complexity index is 1170. The Morgan fingerprint density at radius 2 is 1.94 bits per heavy atom. The van der Waals surface area contributed by atoms with Crippen LogP contribution in [0.1, 0.15) is 42.5 Å². The minimum atomic E-state index is -3.72. The van der Waals surface area contributed by atoms with Gasteiger partial charge in [-0.05, 0) is 54.5 Å². The molecule has 8 nitrogen and oxygen atoms in total. The molecule has 4 rings (SSSR count). The number of nitrogens with one attached hydrogen (secondary N) is 2. The summed E-state index contributed by atoms with van der Waals surface area (Å²) < 4.78 is 47.8. The molecule has 1 aliphatic carbocycles. The van der Waals surface area contributed by atoms with Crippen molar-refractivity contribution < 1.29 is 27.1 Å². The van der Waals surface area contributed by atoms with Crippen molar-refractivity contribution >= 4 is 22.0 Å². The number of ether oxygens (including phenoxy) is 1. The molecule has 0 spiro atoms. The van der Waals surface area contributed by atoms with Crippen LogP contribution in [0.3, 0.4) is 0 Å². The molecule has 1 heterocycles. The molecule has 176 valence electrons. The van der Waals surface area contributed by atoms with Gasteiger partial charge in [-0.2, -0.15) is 0 Å². The molecule has 1 saturated heterocycles. The molecule has 1 aliphatic heterocycles. The van der Waals surface area contributed by atoms with Crippen molar-refractivity contribution in [2.45, 2.75) is 38.1 Å². The smallest absolute Gasteiger partial charge is 0.324 e. The summed E-state index contributed by atoms with van der Waals surface area (Å²) in [5.41, 5.74) is 1.87. The van der Waals surface area contributed by atoms with Crippen molar-refractivity contribution in [3.63, 3.8) is 0 Å². The van der Waals surface area contributed by atoms with Crippen LogP contribution in [0.5, 0.6) is 5.75 Å². The molecule has 0 bridgehead atoms. The van der Waals surface area contributed by atoms with Gasteiger partial charge in [-0.15, -0.1) is 0 Å². The lowest BCUT2D eigenvalue weighted by molar-refractivity contribution is -0.118. The van der Waals surface area contributed by atoms with E-state index < -0.39 is 27.9 Å². The number of carbonyl (C=O) groups is 2. The van der Waals surface area contributed by atoms with Crippen LogP contribution in [-0.2, 0) is 27.1 Å². The molecule has 2 fully saturated rings. The predicted octanol–water partition coefficient (Wildman–Crippen LogP) is 2.85.